The molecule has 6 heteroatoms. The average molecular weight is 448 g/mol. The first kappa shape index (κ1) is 26.6. The average Bonchev–Trinajstić information content (AvgIpc) is 2.66. The lowest BCUT2D eigenvalue weighted by atomic mass is 9.84. The molecule has 1 saturated heterocycles. The van der Waals surface area contributed by atoms with Gasteiger partial charge in [0, 0.05) is 13.1 Å². The molecule has 2 amide bonds. The Morgan fingerprint density at radius 3 is 2.12 bits per heavy atom. The molecule has 1 N–H and O–H groups in total. The summed E-state index contributed by atoms with van der Waals surface area (Å²) < 4.78 is 0. The fourth-order valence-electron chi connectivity index (χ4n) is 4.75. The summed E-state index contributed by atoms with van der Waals surface area (Å²) in [7, 11) is 1.78. The second kappa shape index (κ2) is 11.0. The van der Waals surface area contributed by atoms with Crippen LogP contribution in [0.1, 0.15) is 87.0 Å². The van der Waals surface area contributed by atoms with Gasteiger partial charge in [-0.15, -0.1) is 0 Å². The lowest BCUT2D eigenvalue weighted by molar-refractivity contribution is -0.142. The molecule has 0 spiro atoms. The van der Waals surface area contributed by atoms with Crippen LogP contribution < -0.4 is 5.32 Å². The highest BCUT2D eigenvalue weighted by molar-refractivity contribution is 5.93. The van der Waals surface area contributed by atoms with E-state index < -0.39 is 11.5 Å². The molecule has 6 nitrogen and oxygen atoms in total. The number of nitrogens with one attached hydrogen (secondary N) is 1. The topological polar surface area (TPSA) is 69.7 Å². The number of nitrogens with zero attached hydrogens (tertiary/aromatic N) is 2. The maximum absolute atomic E-state index is 13.7. The van der Waals surface area contributed by atoms with E-state index in [0.717, 1.165) is 25.8 Å². The molecular formula is C26H45N3O3. The van der Waals surface area contributed by atoms with Crippen molar-refractivity contribution in [3.8, 4) is 0 Å². The van der Waals surface area contributed by atoms with Gasteiger partial charge in [-0.05, 0) is 63.0 Å². The van der Waals surface area contributed by atoms with Gasteiger partial charge in [-0.25, -0.2) is 0 Å². The number of hydrogen-bond donors (Lipinski definition) is 1. The van der Waals surface area contributed by atoms with Crippen molar-refractivity contribution < 1.29 is 14.4 Å². The Labute approximate surface area is 195 Å². The fourth-order valence-corrected chi connectivity index (χ4v) is 4.75. The van der Waals surface area contributed by atoms with Gasteiger partial charge in [0.2, 0.25) is 11.8 Å². The number of rotatable bonds is 8. The molecule has 3 atom stereocenters. The van der Waals surface area contributed by atoms with Gasteiger partial charge in [-0.2, -0.15) is 0 Å². The minimum absolute atomic E-state index is 0.00515. The van der Waals surface area contributed by atoms with Gasteiger partial charge in [0.15, 0.2) is 5.78 Å². The monoisotopic (exact) mass is 447 g/mol. The minimum atomic E-state index is -0.627. The van der Waals surface area contributed by atoms with Crippen LogP contribution in [0.4, 0.5) is 0 Å². The van der Waals surface area contributed by atoms with Crippen LogP contribution in [0.25, 0.3) is 0 Å². The SMILES string of the molecule is CC(=O)/C(C)=C/C(C(C)C)N(C)C(=O)C(NC(=O)C1CCCCN1C1CCC1)C(C)(C)C. The van der Waals surface area contributed by atoms with Crippen LogP contribution >= 0.6 is 0 Å². The van der Waals surface area contributed by atoms with Crippen molar-refractivity contribution in [2.75, 3.05) is 13.6 Å². The quantitative estimate of drug-likeness (QED) is 0.572. The molecule has 1 heterocycles. The van der Waals surface area contributed by atoms with E-state index in [2.05, 4.69) is 10.2 Å². The normalized spacial score (nSPS) is 22.8. The first-order valence-corrected chi connectivity index (χ1v) is 12.4. The Hall–Kier alpha value is -1.69. The number of hydrogen-bond acceptors (Lipinski definition) is 4. The molecule has 3 unspecified atom stereocenters. The molecular weight excluding hydrogens is 402 g/mol. The molecule has 182 valence electrons. The van der Waals surface area contributed by atoms with Gasteiger partial charge >= 0.3 is 0 Å². The lowest BCUT2D eigenvalue weighted by Gasteiger charge is -2.45. The zero-order valence-electron chi connectivity index (χ0n) is 21.5. The summed E-state index contributed by atoms with van der Waals surface area (Å²) in [4.78, 5) is 43.0. The summed E-state index contributed by atoms with van der Waals surface area (Å²) in [6.07, 6.45) is 8.53. The fraction of sp³-hybridized carbons (Fsp3) is 0.808. The molecule has 0 aromatic carbocycles. The number of carbonyl (C=O) groups excluding carboxylic acids is 3. The van der Waals surface area contributed by atoms with E-state index in [1.807, 2.05) is 40.7 Å². The molecule has 2 fully saturated rings. The van der Waals surface area contributed by atoms with E-state index in [4.69, 9.17) is 0 Å². The zero-order chi connectivity index (χ0) is 24.2. The van der Waals surface area contributed by atoms with Crippen molar-refractivity contribution in [2.24, 2.45) is 11.3 Å². The van der Waals surface area contributed by atoms with E-state index >= 15 is 0 Å². The summed E-state index contributed by atoms with van der Waals surface area (Å²) in [5.41, 5.74) is 0.218. The molecule has 1 aliphatic carbocycles. The molecule has 0 bridgehead atoms. The van der Waals surface area contributed by atoms with E-state index in [1.54, 1.807) is 25.8 Å². The summed E-state index contributed by atoms with van der Waals surface area (Å²) in [5.74, 6) is 0.0190. The summed E-state index contributed by atoms with van der Waals surface area (Å²) >= 11 is 0. The first-order chi connectivity index (χ1) is 14.8. The smallest absolute Gasteiger partial charge is 0.245 e. The number of piperidine rings is 1. The number of carbonyl (C=O) groups is 3. The van der Waals surface area contributed by atoms with E-state index in [-0.39, 0.29) is 35.6 Å². The molecule has 0 aromatic heterocycles. The standard InChI is InChI=1S/C26H45N3O3/c1-17(2)22(16-18(3)19(4)30)28(8)25(32)23(26(5,6)7)27-24(31)21-14-9-10-15-29(21)20-12-11-13-20/h16-17,20-23H,9-15H2,1-8H3,(H,27,31)/b18-16+. The Kier molecular flexibility index (Phi) is 9.09. The van der Waals surface area contributed by atoms with Gasteiger partial charge in [-0.3, -0.25) is 19.3 Å². The van der Waals surface area contributed by atoms with Gasteiger partial charge in [0.05, 0.1) is 12.1 Å². The van der Waals surface area contributed by atoms with Crippen LogP contribution in [0, 0.1) is 11.3 Å². The van der Waals surface area contributed by atoms with Crippen molar-refractivity contribution in [1.29, 1.82) is 0 Å². The highest BCUT2D eigenvalue weighted by Crippen LogP contribution is 2.31. The van der Waals surface area contributed by atoms with Crippen LogP contribution in [0.15, 0.2) is 11.6 Å². The van der Waals surface area contributed by atoms with Crippen LogP contribution in [0.3, 0.4) is 0 Å². The van der Waals surface area contributed by atoms with E-state index in [9.17, 15) is 14.4 Å². The maximum atomic E-state index is 13.7. The van der Waals surface area contributed by atoms with Crippen LogP contribution in [0.5, 0.6) is 0 Å². The van der Waals surface area contributed by atoms with Crippen molar-refractivity contribution in [1.82, 2.24) is 15.1 Å². The largest absolute Gasteiger partial charge is 0.342 e. The van der Waals surface area contributed by atoms with Crippen LogP contribution in [0.2, 0.25) is 0 Å². The highest BCUT2D eigenvalue weighted by Gasteiger charge is 2.41. The van der Waals surface area contributed by atoms with Crippen molar-refractivity contribution in [2.45, 2.75) is 111 Å². The van der Waals surface area contributed by atoms with E-state index in [0.29, 0.717) is 11.6 Å². The van der Waals surface area contributed by atoms with Crippen molar-refractivity contribution in [3.63, 3.8) is 0 Å². The number of likely N-dealkylation sites (tertiary alicyclic amines) is 1. The Balaban J connectivity index is 2.22. The number of allylic oxidation sites excluding steroid dienone is 1. The third-order valence-corrected chi connectivity index (χ3v) is 7.24. The summed E-state index contributed by atoms with van der Waals surface area (Å²) in [6.45, 7) is 14.4. The molecule has 1 aliphatic heterocycles. The lowest BCUT2D eigenvalue weighted by Crippen LogP contribution is -2.61. The zero-order valence-corrected chi connectivity index (χ0v) is 21.5. The third-order valence-electron chi connectivity index (χ3n) is 7.24. The van der Waals surface area contributed by atoms with Crippen LogP contribution in [-0.2, 0) is 14.4 Å². The first-order valence-electron chi connectivity index (χ1n) is 12.4. The number of amides is 2. The second-order valence-electron chi connectivity index (χ2n) is 11.2. The van der Waals surface area contributed by atoms with Gasteiger partial charge in [0.1, 0.15) is 6.04 Å². The Morgan fingerprint density at radius 1 is 1.03 bits per heavy atom. The minimum Gasteiger partial charge on any atom is -0.342 e. The third kappa shape index (κ3) is 6.43. The number of ketones is 1. The number of Topliss-reactive ketones (excluding diaryl/α,β-unsaturated/α-hetero) is 1. The predicted molar refractivity (Wildman–Crippen MR) is 129 cm³/mol. The predicted octanol–water partition coefficient (Wildman–Crippen LogP) is 3.94. The molecule has 32 heavy (non-hydrogen) atoms. The molecule has 2 aliphatic rings. The van der Waals surface area contributed by atoms with Gasteiger partial charge < -0.3 is 10.2 Å². The summed E-state index contributed by atoms with van der Waals surface area (Å²) in [5, 5.41) is 3.15. The van der Waals surface area contributed by atoms with Crippen molar-refractivity contribution in [3.05, 3.63) is 11.6 Å². The number of likely N-dealkylation sites (N-methyl/N-ethyl adjacent to an activating group) is 1. The van der Waals surface area contributed by atoms with E-state index in [1.165, 1.54) is 19.3 Å². The van der Waals surface area contributed by atoms with Gasteiger partial charge in [0.25, 0.3) is 0 Å². The maximum Gasteiger partial charge on any atom is 0.245 e. The second-order valence-corrected chi connectivity index (χ2v) is 11.2. The molecule has 2 rings (SSSR count). The Morgan fingerprint density at radius 2 is 1.66 bits per heavy atom. The summed E-state index contributed by atoms with van der Waals surface area (Å²) in [6, 6.07) is -0.466. The highest BCUT2D eigenvalue weighted by atomic mass is 16.2. The Bertz CT molecular complexity index is 718. The molecule has 0 aromatic rings. The van der Waals surface area contributed by atoms with Crippen LogP contribution in [-0.4, -0.2) is 65.2 Å². The molecule has 1 saturated carbocycles. The van der Waals surface area contributed by atoms with Crippen molar-refractivity contribution >= 4 is 17.6 Å². The van der Waals surface area contributed by atoms with Gasteiger partial charge in [-0.1, -0.05) is 53.5 Å². The molecule has 0 radical (unpaired) electrons.